The number of aliphatic hydroxyl groups is 3. The molecule has 14 atom stereocenters. The summed E-state index contributed by atoms with van der Waals surface area (Å²) in [5.74, 6) is -14.3. The Hall–Kier alpha value is -9.36. The molecule has 1 aliphatic heterocycles. The van der Waals surface area contributed by atoms with Crippen molar-refractivity contribution in [2.24, 2.45) is 45.7 Å². The van der Waals surface area contributed by atoms with Crippen LogP contribution in [0.3, 0.4) is 0 Å². The fourth-order valence-electron chi connectivity index (χ4n) is 9.86. The summed E-state index contributed by atoms with van der Waals surface area (Å²) in [5, 5.41) is 65.0. The molecule has 95 heavy (non-hydrogen) atoms. The fourth-order valence-corrected chi connectivity index (χ4v) is 9.86. The van der Waals surface area contributed by atoms with Crippen LogP contribution in [-0.2, 0) is 75.2 Å². The predicted octanol–water partition coefficient (Wildman–Crippen LogP) is -7.38. The number of likely N-dealkylation sites (tertiary alicyclic amines) is 1. The number of carboxylic acid groups (broad SMARTS) is 1. The topological polar surface area (TPSA) is 600 Å². The number of nitrogens with one attached hydrogen (secondary N) is 12. The number of aliphatic carboxylic acids is 1. The quantitative estimate of drug-likeness (QED) is 0.0167. The van der Waals surface area contributed by atoms with E-state index >= 15 is 0 Å². The van der Waals surface area contributed by atoms with E-state index in [0.29, 0.717) is 11.4 Å². The van der Waals surface area contributed by atoms with Crippen LogP contribution in [0.25, 0.3) is 0 Å². The lowest BCUT2D eigenvalue weighted by Gasteiger charge is -2.32. The van der Waals surface area contributed by atoms with Gasteiger partial charge < -0.3 is 111 Å². The standard InChI is InChI=1S/C58H96N20O17/c1-26(2)16-35(49(86)69-34(12-10-14-65-58(61)62)47(84)70-36(18-32-21-63-24-66-32)50(87)74-39(57(94)95)17-27(3)4)72-55(92)45(31(9)81)77-52(89)41-13-11-15-78(41)56(93)38(19-33-22-64-25-67-33)73-54(91)44(28(5)6)76-46(83)29(7)68-48(85)37(20-42(59)82)71-51(88)40(23-79)75-53(90)43(60)30(8)80/h21-22,24-31,34-41,43-45,79-81H,10-20,23,60H2,1-9H3,(H2,59,82)(H,63,66)(H,64,67)(H,68,85)(H,69,86)(H,70,84)(H,71,88)(H,72,92)(H,73,91)(H,74,87)(H,75,90)(H,76,83)(H,77,89)(H,94,95)(H4,61,62,65)/t29-,30+,31+,34-,35-,36-,37-,38-,39-,40-,41-,43-,44-,45-/m0/s1. The molecule has 37 heteroatoms. The molecule has 1 aliphatic rings. The molecule has 0 aromatic carbocycles. The number of nitrogens with two attached hydrogens (primary N) is 4. The van der Waals surface area contributed by atoms with E-state index in [1.54, 1.807) is 41.5 Å². The molecule has 1 saturated heterocycles. The summed E-state index contributed by atoms with van der Waals surface area (Å²) in [6.07, 6.45) is 1.53. The Morgan fingerprint density at radius 1 is 0.579 bits per heavy atom. The number of guanidine groups is 1. The van der Waals surface area contributed by atoms with Crippen molar-refractivity contribution in [2.45, 2.75) is 205 Å². The second-order valence-electron chi connectivity index (χ2n) is 24.5. The minimum Gasteiger partial charge on any atom is -0.480 e. The molecule has 0 saturated carbocycles. The normalized spacial score (nSPS) is 17.1. The van der Waals surface area contributed by atoms with Crippen molar-refractivity contribution in [1.29, 1.82) is 0 Å². The molecule has 24 N–H and O–H groups in total. The number of nitrogens with zero attached hydrogens (tertiary/aromatic N) is 4. The first kappa shape index (κ1) is 79.9. The third-order valence-corrected chi connectivity index (χ3v) is 15.0. The van der Waals surface area contributed by atoms with Crippen molar-refractivity contribution < 1.29 is 82.8 Å². The summed E-state index contributed by atoms with van der Waals surface area (Å²) >= 11 is 0. The van der Waals surface area contributed by atoms with E-state index < -0.39 is 181 Å². The van der Waals surface area contributed by atoms with E-state index in [4.69, 9.17) is 22.9 Å². The molecule has 530 valence electrons. The number of aliphatic imine (C=N–C) groups is 1. The molecule has 0 aliphatic carbocycles. The number of amides is 12. The van der Waals surface area contributed by atoms with E-state index in [-0.39, 0.29) is 82.3 Å². The SMILES string of the molecule is CC(C)C[C@H](NC(=O)[C@H](Cc1cnc[nH]1)NC(=O)[C@H](CCCN=C(N)N)NC(=O)[C@H](CC(C)C)NC(=O)[C@@H](NC(=O)[C@@H]1CCCN1C(=O)[C@H](Cc1cnc[nH]1)NC(=O)[C@@H](NC(=O)[C@H](C)NC(=O)[C@H](CC(N)=O)NC(=O)[C@H](CO)NC(=O)[C@@H](N)[C@@H](C)O)C(C)C)[C@@H](C)O)C(=O)O. The third-order valence-electron chi connectivity index (χ3n) is 15.0. The van der Waals surface area contributed by atoms with Gasteiger partial charge in [0.1, 0.15) is 72.5 Å². The zero-order valence-electron chi connectivity index (χ0n) is 54.8. The maximum absolute atomic E-state index is 14.7. The summed E-state index contributed by atoms with van der Waals surface area (Å²) in [5.41, 5.74) is 22.7. The molecule has 1 fully saturated rings. The highest BCUT2D eigenvalue weighted by Gasteiger charge is 2.42. The summed E-state index contributed by atoms with van der Waals surface area (Å²) in [4.78, 5) is 196. The first-order valence-corrected chi connectivity index (χ1v) is 31.1. The Morgan fingerprint density at radius 3 is 1.58 bits per heavy atom. The number of hydrogen-bond acceptors (Lipinski definition) is 20. The Bertz CT molecular complexity index is 2960. The van der Waals surface area contributed by atoms with Crippen LogP contribution in [0, 0.1) is 17.8 Å². The maximum Gasteiger partial charge on any atom is 0.326 e. The minimum atomic E-state index is -1.76. The number of H-pyrrole nitrogens is 2. The number of hydrogen-bond donors (Lipinski definition) is 20. The van der Waals surface area contributed by atoms with Gasteiger partial charge in [0.2, 0.25) is 70.9 Å². The van der Waals surface area contributed by atoms with Crippen LogP contribution in [0.2, 0.25) is 0 Å². The second-order valence-corrected chi connectivity index (χ2v) is 24.5. The lowest BCUT2D eigenvalue weighted by atomic mass is 10.0. The van der Waals surface area contributed by atoms with Crippen LogP contribution in [-0.4, -0.2) is 232 Å². The number of aliphatic hydroxyl groups excluding tert-OH is 3. The number of imidazole rings is 2. The smallest absolute Gasteiger partial charge is 0.326 e. The first-order chi connectivity index (χ1) is 44.5. The molecule has 0 radical (unpaired) electrons. The fraction of sp³-hybridized carbons (Fsp3) is 0.655. The van der Waals surface area contributed by atoms with Crippen molar-refractivity contribution in [2.75, 3.05) is 19.7 Å². The van der Waals surface area contributed by atoms with Gasteiger partial charge in [0.25, 0.3) is 0 Å². The van der Waals surface area contributed by atoms with Crippen molar-refractivity contribution >= 4 is 82.8 Å². The van der Waals surface area contributed by atoms with Crippen LogP contribution < -0.4 is 76.1 Å². The van der Waals surface area contributed by atoms with Crippen LogP contribution in [0.1, 0.15) is 119 Å². The molecule has 0 unspecified atom stereocenters. The van der Waals surface area contributed by atoms with E-state index in [9.17, 15) is 82.8 Å². The Kier molecular flexibility index (Phi) is 32.6. The average molecular weight is 1350 g/mol. The highest BCUT2D eigenvalue weighted by atomic mass is 16.4. The highest BCUT2D eigenvalue weighted by Crippen LogP contribution is 2.21. The number of carboxylic acids is 1. The van der Waals surface area contributed by atoms with Crippen molar-refractivity contribution in [3.63, 3.8) is 0 Å². The summed E-state index contributed by atoms with van der Waals surface area (Å²) in [7, 11) is 0. The largest absolute Gasteiger partial charge is 0.480 e. The van der Waals surface area contributed by atoms with Gasteiger partial charge in [-0.25, -0.2) is 14.8 Å². The molecule has 0 spiro atoms. The second kappa shape index (κ2) is 38.7. The Balaban J connectivity index is 1.85. The van der Waals surface area contributed by atoms with Crippen LogP contribution in [0.4, 0.5) is 0 Å². The van der Waals surface area contributed by atoms with Crippen LogP contribution in [0.5, 0.6) is 0 Å². The summed E-state index contributed by atoms with van der Waals surface area (Å²) in [6, 6.07) is -18.0. The number of rotatable bonds is 40. The number of carbonyl (C=O) groups is 13. The predicted molar refractivity (Wildman–Crippen MR) is 338 cm³/mol. The molecular formula is C58H96N20O17. The molecule has 3 rings (SSSR count). The summed E-state index contributed by atoms with van der Waals surface area (Å²) < 4.78 is 0. The minimum absolute atomic E-state index is 0.00578. The molecule has 3 heterocycles. The van der Waals surface area contributed by atoms with Gasteiger partial charge in [-0.3, -0.25) is 62.5 Å². The van der Waals surface area contributed by atoms with Gasteiger partial charge in [0.15, 0.2) is 5.96 Å². The Labute approximate surface area is 548 Å². The summed E-state index contributed by atoms with van der Waals surface area (Å²) in [6.45, 7) is 12.7. The molecule has 37 nitrogen and oxygen atoms in total. The zero-order chi connectivity index (χ0) is 71.6. The monoisotopic (exact) mass is 1340 g/mol. The molecular weight excluding hydrogens is 1250 g/mol. The lowest BCUT2D eigenvalue weighted by molar-refractivity contribution is -0.143. The maximum atomic E-state index is 14.7. The lowest BCUT2D eigenvalue weighted by Crippen LogP contribution is -2.62. The van der Waals surface area contributed by atoms with E-state index in [0.717, 1.165) is 0 Å². The van der Waals surface area contributed by atoms with Crippen molar-refractivity contribution in [1.82, 2.24) is 78.0 Å². The van der Waals surface area contributed by atoms with Gasteiger partial charge in [-0.05, 0) is 77.0 Å². The molecule has 2 aromatic rings. The highest BCUT2D eigenvalue weighted by molar-refractivity contribution is 6.00. The number of primary amides is 1. The van der Waals surface area contributed by atoms with E-state index in [1.165, 1.54) is 50.7 Å². The number of carbonyl (C=O) groups excluding carboxylic acids is 12. The van der Waals surface area contributed by atoms with Gasteiger partial charge in [0, 0.05) is 49.7 Å². The van der Waals surface area contributed by atoms with Gasteiger partial charge in [-0.15, -0.1) is 0 Å². The molecule has 0 bridgehead atoms. The average Bonchev–Trinajstić information content (AvgIpc) is 1.75. The van der Waals surface area contributed by atoms with Gasteiger partial charge in [-0.1, -0.05) is 41.5 Å². The van der Waals surface area contributed by atoms with Crippen LogP contribution in [0.15, 0.2) is 30.0 Å². The van der Waals surface area contributed by atoms with E-state index in [1.807, 2.05) is 0 Å². The van der Waals surface area contributed by atoms with Crippen LogP contribution >= 0.6 is 0 Å². The third kappa shape index (κ3) is 26.5. The zero-order valence-corrected chi connectivity index (χ0v) is 54.8. The van der Waals surface area contributed by atoms with Crippen molar-refractivity contribution in [3.8, 4) is 0 Å². The molecule has 2 aromatic heterocycles. The van der Waals surface area contributed by atoms with Crippen molar-refractivity contribution in [3.05, 3.63) is 36.4 Å². The van der Waals surface area contributed by atoms with Gasteiger partial charge in [0.05, 0.1) is 37.9 Å². The number of aromatic nitrogens is 4. The number of aromatic amines is 2. The Morgan fingerprint density at radius 2 is 1.06 bits per heavy atom. The molecule has 12 amide bonds. The van der Waals surface area contributed by atoms with Gasteiger partial charge in [-0.2, -0.15) is 0 Å². The van der Waals surface area contributed by atoms with Gasteiger partial charge >= 0.3 is 5.97 Å². The first-order valence-electron chi connectivity index (χ1n) is 31.1. The van der Waals surface area contributed by atoms with E-state index in [2.05, 4.69) is 78.1 Å².